The number of aliphatic hydroxyl groups is 1. The lowest BCUT2D eigenvalue weighted by Crippen LogP contribution is -2.18. The van der Waals surface area contributed by atoms with Gasteiger partial charge in [-0.25, -0.2) is 0 Å². The highest BCUT2D eigenvalue weighted by Crippen LogP contribution is 2.25. The molecule has 1 N–H and O–H groups in total. The van der Waals surface area contributed by atoms with Gasteiger partial charge in [-0.2, -0.15) is 0 Å². The second-order valence-electron chi connectivity index (χ2n) is 2.48. The van der Waals surface area contributed by atoms with Gasteiger partial charge in [0, 0.05) is 18.6 Å². The molecule has 1 aliphatic rings. The molecule has 0 aliphatic heterocycles. The number of aliphatic hydroxyl groups excluding tert-OH is 1. The lowest BCUT2D eigenvalue weighted by Gasteiger charge is -2.18. The highest BCUT2D eigenvalue weighted by Gasteiger charge is 2.22. The number of hydrogen-bond acceptors (Lipinski definition) is 3. The Hall–Kier alpha value is -0.800. The third-order valence-electron chi connectivity index (χ3n) is 1.70. The summed E-state index contributed by atoms with van der Waals surface area (Å²) < 4.78 is 4.91. The molecule has 0 saturated heterocycles. The molecule has 1 atom stereocenters. The van der Waals surface area contributed by atoms with E-state index in [0.29, 0.717) is 17.7 Å². The van der Waals surface area contributed by atoms with Crippen molar-refractivity contribution in [2.75, 3.05) is 7.11 Å². The third-order valence-corrected chi connectivity index (χ3v) is 1.97. The van der Waals surface area contributed by atoms with Gasteiger partial charge in [0.1, 0.15) is 11.9 Å². The Bertz CT molecular complexity index is 255. The van der Waals surface area contributed by atoms with Crippen molar-refractivity contribution in [3.8, 4) is 0 Å². The quantitative estimate of drug-likeness (QED) is 0.669. The average Bonchev–Trinajstić information content (AvgIpc) is 2.08. The van der Waals surface area contributed by atoms with E-state index in [9.17, 15) is 9.90 Å². The molecule has 0 bridgehead atoms. The third kappa shape index (κ3) is 1.68. The minimum atomic E-state index is -0.484. The number of carbonyl (C=O) groups is 1. The Balaban J connectivity index is 2.98. The molecule has 4 heteroatoms. The summed E-state index contributed by atoms with van der Waals surface area (Å²) in [6.45, 7) is 0. The summed E-state index contributed by atoms with van der Waals surface area (Å²) >= 11 is 5.71. The Morgan fingerprint density at radius 2 is 2.50 bits per heavy atom. The van der Waals surface area contributed by atoms with Crippen LogP contribution in [0.25, 0.3) is 0 Å². The zero-order valence-electron chi connectivity index (χ0n) is 6.58. The number of ether oxygens (including phenoxy) is 1. The molecule has 0 radical (unpaired) electrons. The molecule has 0 aromatic carbocycles. The molecule has 12 heavy (non-hydrogen) atoms. The molecule has 66 valence electrons. The van der Waals surface area contributed by atoms with E-state index in [4.69, 9.17) is 16.3 Å². The van der Waals surface area contributed by atoms with Crippen LogP contribution in [0.3, 0.4) is 0 Å². The normalized spacial score (nSPS) is 23.8. The maximum absolute atomic E-state index is 10.4. The monoisotopic (exact) mass is 188 g/mol. The number of methoxy groups -OCH3 is 1. The number of allylic oxidation sites excluding steroid dienone is 2. The minimum Gasteiger partial charge on any atom is -0.509 e. The Morgan fingerprint density at radius 3 is 3.00 bits per heavy atom. The van der Waals surface area contributed by atoms with Gasteiger partial charge in [0.15, 0.2) is 6.29 Å². The fraction of sp³-hybridized carbons (Fsp3) is 0.375. The Kier molecular flexibility index (Phi) is 2.89. The highest BCUT2D eigenvalue weighted by molar-refractivity contribution is 6.30. The van der Waals surface area contributed by atoms with Crippen LogP contribution in [0.4, 0.5) is 0 Å². The van der Waals surface area contributed by atoms with Gasteiger partial charge in [-0.05, 0) is 6.08 Å². The van der Waals surface area contributed by atoms with Crippen LogP contribution in [0.5, 0.6) is 0 Å². The molecule has 0 heterocycles. The van der Waals surface area contributed by atoms with E-state index in [2.05, 4.69) is 0 Å². The molecule has 0 saturated carbocycles. The van der Waals surface area contributed by atoms with E-state index in [1.165, 1.54) is 13.2 Å². The molecule has 1 rings (SSSR count). The first kappa shape index (κ1) is 9.29. The van der Waals surface area contributed by atoms with Crippen LogP contribution >= 0.6 is 11.6 Å². The van der Waals surface area contributed by atoms with E-state index in [1.54, 1.807) is 0 Å². The summed E-state index contributed by atoms with van der Waals surface area (Å²) in [5.74, 6) is -0.0445. The fourth-order valence-electron chi connectivity index (χ4n) is 1.05. The second kappa shape index (κ2) is 3.74. The highest BCUT2D eigenvalue weighted by atomic mass is 35.5. The van der Waals surface area contributed by atoms with E-state index in [1.807, 2.05) is 0 Å². The minimum absolute atomic E-state index is 0.0445. The number of carbonyl (C=O) groups excluding carboxylic acids is 1. The number of rotatable bonds is 2. The molecule has 3 nitrogen and oxygen atoms in total. The number of halogens is 1. The SMILES string of the molecule is CO[C@H]1CC(Cl)=CC(C=O)=C1O. The molecular formula is C8H9ClO3. The molecule has 1 aliphatic carbocycles. The van der Waals surface area contributed by atoms with Crippen molar-refractivity contribution in [2.45, 2.75) is 12.5 Å². The van der Waals surface area contributed by atoms with Crippen molar-refractivity contribution < 1.29 is 14.6 Å². The average molecular weight is 189 g/mol. The summed E-state index contributed by atoms with van der Waals surface area (Å²) in [6.07, 6.45) is 1.94. The van der Waals surface area contributed by atoms with Gasteiger partial charge in [-0.15, -0.1) is 0 Å². The van der Waals surface area contributed by atoms with Gasteiger partial charge in [-0.1, -0.05) is 11.6 Å². The standard InChI is InChI=1S/C8H9ClO3/c1-12-7-3-6(9)2-5(4-10)8(7)11/h2,4,7,11H,3H2,1H3/t7-/m0/s1. The van der Waals surface area contributed by atoms with E-state index >= 15 is 0 Å². The van der Waals surface area contributed by atoms with Gasteiger partial charge < -0.3 is 9.84 Å². The summed E-state index contributed by atoms with van der Waals surface area (Å²) in [5.41, 5.74) is 0.193. The molecule has 0 aromatic rings. The largest absolute Gasteiger partial charge is 0.509 e. The van der Waals surface area contributed by atoms with Crippen LogP contribution in [0.15, 0.2) is 22.4 Å². The lowest BCUT2D eigenvalue weighted by molar-refractivity contribution is -0.105. The molecule has 0 aromatic heterocycles. The van der Waals surface area contributed by atoms with Crippen LogP contribution in [0, 0.1) is 0 Å². The topological polar surface area (TPSA) is 46.5 Å². The van der Waals surface area contributed by atoms with Crippen molar-refractivity contribution in [3.05, 3.63) is 22.4 Å². The van der Waals surface area contributed by atoms with E-state index in [0.717, 1.165) is 0 Å². The van der Waals surface area contributed by atoms with Crippen molar-refractivity contribution in [1.29, 1.82) is 0 Å². The summed E-state index contributed by atoms with van der Waals surface area (Å²) in [5, 5.41) is 9.88. The fourth-order valence-corrected chi connectivity index (χ4v) is 1.31. The molecule has 0 spiro atoms. The maximum atomic E-state index is 10.4. The van der Waals surface area contributed by atoms with Crippen molar-refractivity contribution in [3.63, 3.8) is 0 Å². The summed E-state index contributed by atoms with van der Waals surface area (Å²) in [7, 11) is 1.46. The van der Waals surface area contributed by atoms with Gasteiger partial charge in [0.25, 0.3) is 0 Å². The first-order valence-electron chi connectivity index (χ1n) is 3.46. The molecule has 0 amide bonds. The van der Waals surface area contributed by atoms with Crippen LogP contribution < -0.4 is 0 Å². The molecule has 0 fully saturated rings. The first-order valence-corrected chi connectivity index (χ1v) is 3.84. The van der Waals surface area contributed by atoms with Crippen molar-refractivity contribution >= 4 is 17.9 Å². The predicted molar refractivity (Wildman–Crippen MR) is 45.1 cm³/mol. The Labute approximate surface area is 75.3 Å². The van der Waals surface area contributed by atoms with Crippen LogP contribution in [0.1, 0.15) is 6.42 Å². The number of aldehydes is 1. The first-order chi connectivity index (χ1) is 5.69. The van der Waals surface area contributed by atoms with Gasteiger partial charge in [0.2, 0.25) is 0 Å². The van der Waals surface area contributed by atoms with Crippen molar-refractivity contribution in [1.82, 2.24) is 0 Å². The molecular weight excluding hydrogens is 180 g/mol. The summed E-state index contributed by atoms with van der Waals surface area (Å²) in [4.78, 5) is 10.4. The summed E-state index contributed by atoms with van der Waals surface area (Å²) in [6, 6.07) is 0. The molecule has 0 unspecified atom stereocenters. The van der Waals surface area contributed by atoms with Gasteiger partial charge in [-0.3, -0.25) is 4.79 Å². The maximum Gasteiger partial charge on any atom is 0.153 e. The van der Waals surface area contributed by atoms with Crippen molar-refractivity contribution in [2.24, 2.45) is 0 Å². The lowest BCUT2D eigenvalue weighted by atomic mass is 10.0. The van der Waals surface area contributed by atoms with Crippen LogP contribution in [-0.4, -0.2) is 24.6 Å². The van der Waals surface area contributed by atoms with E-state index < -0.39 is 6.10 Å². The number of hydrogen-bond donors (Lipinski definition) is 1. The zero-order chi connectivity index (χ0) is 9.14. The second-order valence-corrected chi connectivity index (χ2v) is 2.96. The van der Waals surface area contributed by atoms with Crippen LogP contribution in [0.2, 0.25) is 0 Å². The Morgan fingerprint density at radius 1 is 1.83 bits per heavy atom. The van der Waals surface area contributed by atoms with Gasteiger partial charge in [0.05, 0.1) is 5.57 Å². The smallest absolute Gasteiger partial charge is 0.153 e. The van der Waals surface area contributed by atoms with E-state index in [-0.39, 0.29) is 11.3 Å². The predicted octanol–water partition coefficient (Wildman–Crippen LogP) is 1.54. The van der Waals surface area contributed by atoms with Gasteiger partial charge >= 0.3 is 0 Å². The zero-order valence-corrected chi connectivity index (χ0v) is 7.34. The van der Waals surface area contributed by atoms with Crippen LogP contribution in [-0.2, 0) is 9.53 Å².